The number of nitrogens with zero attached hydrogens (tertiary/aromatic N) is 2. The Bertz CT molecular complexity index is 1030. The third-order valence-corrected chi connectivity index (χ3v) is 8.41. The molecular weight excluding hydrogens is 438 g/mol. The Morgan fingerprint density at radius 3 is 2.56 bits per heavy atom. The van der Waals surface area contributed by atoms with Crippen molar-refractivity contribution in [2.75, 3.05) is 6.54 Å². The van der Waals surface area contributed by atoms with Gasteiger partial charge in [0.1, 0.15) is 12.1 Å². The van der Waals surface area contributed by atoms with Crippen LogP contribution in [0.2, 0.25) is 0 Å². The first-order chi connectivity index (χ1) is 15.6. The number of carbonyl (C=O) groups excluding carboxylic acids is 2. The lowest BCUT2D eigenvalue weighted by Gasteiger charge is -2.23. The van der Waals surface area contributed by atoms with Gasteiger partial charge in [-0.15, -0.1) is 11.3 Å². The third kappa shape index (κ3) is 5.31. The molecule has 7 heteroatoms. The highest BCUT2D eigenvalue weighted by Crippen LogP contribution is 2.40. The van der Waals surface area contributed by atoms with E-state index in [1.807, 2.05) is 12.4 Å². The van der Waals surface area contributed by atoms with Crippen LogP contribution in [-0.4, -0.2) is 33.1 Å². The number of thiocarbonyl (C=S) groups is 1. The van der Waals surface area contributed by atoms with E-state index in [-0.39, 0.29) is 11.8 Å². The number of ketones is 1. The zero-order chi connectivity index (χ0) is 22.1. The van der Waals surface area contributed by atoms with Crippen molar-refractivity contribution in [3.8, 4) is 0 Å². The molecule has 1 atom stereocenters. The third-order valence-electron chi connectivity index (χ3n) is 6.81. The lowest BCUT2D eigenvalue weighted by atomic mass is 9.82. The van der Waals surface area contributed by atoms with Gasteiger partial charge in [-0.2, -0.15) is 0 Å². The second kappa shape index (κ2) is 9.48. The molecule has 2 heterocycles. The Morgan fingerprint density at radius 2 is 1.84 bits per heavy atom. The number of Topliss-reactive ketones (excluding diaryl/α,β-unsaturated/α-hetero) is 1. The highest BCUT2D eigenvalue weighted by atomic mass is 32.1. The zero-order valence-corrected chi connectivity index (χ0v) is 19.9. The molecule has 3 aliphatic carbocycles. The Balaban J connectivity index is 1.31. The molecule has 32 heavy (non-hydrogen) atoms. The van der Waals surface area contributed by atoms with Crippen LogP contribution in [0.25, 0.3) is 0 Å². The van der Waals surface area contributed by atoms with Crippen LogP contribution in [0.15, 0.2) is 18.7 Å². The Hall–Kier alpha value is -1.99. The van der Waals surface area contributed by atoms with E-state index in [4.69, 9.17) is 12.2 Å². The fourth-order valence-electron chi connectivity index (χ4n) is 4.67. The Morgan fingerprint density at radius 1 is 1.06 bits per heavy atom. The van der Waals surface area contributed by atoms with Crippen molar-refractivity contribution in [1.82, 2.24) is 15.3 Å². The van der Waals surface area contributed by atoms with Crippen LogP contribution in [0.1, 0.15) is 69.8 Å². The number of fused-ring (bicyclic) bond motifs is 1. The number of hydrogen-bond donors (Lipinski definition) is 1. The minimum Gasteiger partial charge on any atom is -0.352 e. The number of carbonyl (C=O) groups is 2. The largest absolute Gasteiger partial charge is 0.352 e. The first-order valence-electron chi connectivity index (χ1n) is 11.8. The van der Waals surface area contributed by atoms with Crippen LogP contribution in [0.3, 0.4) is 0 Å². The minimum absolute atomic E-state index is 0.0256. The molecule has 0 spiro atoms. The molecule has 3 aliphatic rings. The average molecular weight is 468 g/mol. The highest BCUT2D eigenvalue weighted by Gasteiger charge is 2.34. The standard InChI is InChI=1S/C25H29N3O2S2/c29-21(18-4-5-18)10-23-24(25(30)28-13-15-1-2-15)20-9-16(3-6-22(20)32-23)7-19(31)8-17-11-26-14-27-12-17/h11-12,14-16,18H,1-10,13H2,(H,28,30)/t16-/m1/s1. The summed E-state index contributed by atoms with van der Waals surface area (Å²) in [7, 11) is 0. The molecule has 2 aromatic rings. The van der Waals surface area contributed by atoms with Crippen molar-refractivity contribution >= 4 is 40.1 Å². The maximum absolute atomic E-state index is 13.2. The molecule has 0 aliphatic heterocycles. The van der Waals surface area contributed by atoms with Crippen molar-refractivity contribution in [2.24, 2.45) is 17.8 Å². The van der Waals surface area contributed by atoms with Gasteiger partial charge in [0.25, 0.3) is 5.91 Å². The van der Waals surface area contributed by atoms with Crippen LogP contribution in [0.4, 0.5) is 0 Å². The fraction of sp³-hybridized carbons (Fsp3) is 0.560. The maximum Gasteiger partial charge on any atom is 0.252 e. The van der Waals surface area contributed by atoms with Crippen molar-refractivity contribution in [3.63, 3.8) is 0 Å². The first-order valence-corrected chi connectivity index (χ1v) is 13.0. The van der Waals surface area contributed by atoms with Gasteiger partial charge in [0.05, 0.1) is 5.56 Å². The van der Waals surface area contributed by atoms with E-state index >= 15 is 0 Å². The van der Waals surface area contributed by atoms with Crippen molar-refractivity contribution < 1.29 is 9.59 Å². The number of amides is 1. The van der Waals surface area contributed by atoms with E-state index in [0.29, 0.717) is 24.0 Å². The number of hydrogen-bond acceptors (Lipinski definition) is 6. The summed E-state index contributed by atoms with van der Waals surface area (Å²) in [6, 6.07) is 0. The van der Waals surface area contributed by atoms with Crippen molar-refractivity contribution in [2.45, 2.75) is 64.2 Å². The van der Waals surface area contributed by atoms with E-state index in [0.717, 1.165) is 72.4 Å². The average Bonchev–Trinajstić information content (AvgIpc) is 3.69. The van der Waals surface area contributed by atoms with Crippen LogP contribution in [0, 0.1) is 17.8 Å². The monoisotopic (exact) mass is 467 g/mol. The van der Waals surface area contributed by atoms with E-state index in [1.165, 1.54) is 29.6 Å². The second-order valence-electron chi connectivity index (χ2n) is 9.65. The van der Waals surface area contributed by atoms with Gasteiger partial charge in [0.15, 0.2) is 0 Å². The summed E-state index contributed by atoms with van der Waals surface area (Å²) in [5.41, 5.74) is 3.04. The lowest BCUT2D eigenvalue weighted by molar-refractivity contribution is -0.119. The molecule has 5 rings (SSSR count). The smallest absolute Gasteiger partial charge is 0.252 e. The molecule has 5 nitrogen and oxygen atoms in total. The Labute approximate surface area is 198 Å². The second-order valence-corrected chi connectivity index (χ2v) is 11.4. The minimum atomic E-state index is 0.0256. The van der Waals surface area contributed by atoms with Crippen molar-refractivity contribution in [1.29, 1.82) is 0 Å². The van der Waals surface area contributed by atoms with Crippen molar-refractivity contribution in [3.05, 3.63) is 45.2 Å². The molecule has 0 radical (unpaired) electrons. The summed E-state index contributed by atoms with van der Waals surface area (Å²) in [5, 5.41) is 3.16. The molecule has 2 saturated carbocycles. The number of nitrogens with one attached hydrogen (secondary N) is 1. The van der Waals surface area contributed by atoms with Gasteiger partial charge in [0, 0.05) is 47.5 Å². The van der Waals surface area contributed by atoms with E-state index in [2.05, 4.69) is 15.3 Å². The molecular formula is C25H29N3O2S2. The SMILES string of the molecule is O=C(NCC1CC1)c1c(CC(=O)C2CC2)sc2c1C[C@@H](CC(=S)Cc1cncnc1)CC2. The molecule has 168 valence electrons. The molecule has 0 aromatic carbocycles. The summed E-state index contributed by atoms with van der Waals surface area (Å²) in [5.74, 6) is 1.64. The highest BCUT2D eigenvalue weighted by molar-refractivity contribution is 7.80. The van der Waals surface area contributed by atoms with Gasteiger partial charge >= 0.3 is 0 Å². The summed E-state index contributed by atoms with van der Waals surface area (Å²) < 4.78 is 0. The normalized spacial score (nSPS) is 19.9. The quantitative estimate of drug-likeness (QED) is 0.527. The predicted octanol–water partition coefficient (Wildman–Crippen LogP) is 4.31. The first kappa shape index (κ1) is 21.8. The van der Waals surface area contributed by atoms with Crippen LogP contribution in [0.5, 0.6) is 0 Å². The summed E-state index contributed by atoms with van der Waals surface area (Å²) >= 11 is 7.40. The van der Waals surface area contributed by atoms with Gasteiger partial charge in [0.2, 0.25) is 0 Å². The maximum atomic E-state index is 13.2. The summed E-state index contributed by atoms with van der Waals surface area (Å²) in [4.78, 5) is 37.3. The van der Waals surface area contributed by atoms with E-state index in [9.17, 15) is 9.59 Å². The van der Waals surface area contributed by atoms with Gasteiger partial charge in [-0.3, -0.25) is 9.59 Å². The lowest BCUT2D eigenvalue weighted by Crippen LogP contribution is -2.28. The van der Waals surface area contributed by atoms with Gasteiger partial charge in [-0.1, -0.05) is 12.2 Å². The number of rotatable bonds is 10. The topological polar surface area (TPSA) is 72.0 Å². The Kier molecular flexibility index (Phi) is 6.47. The molecule has 0 bridgehead atoms. The summed E-state index contributed by atoms with van der Waals surface area (Å²) in [6.07, 6.45) is 14.6. The molecule has 0 unspecified atom stereocenters. The van der Waals surface area contributed by atoms with E-state index in [1.54, 1.807) is 11.3 Å². The van der Waals surface area contributed by atoms with Gasteiger partial charge < -0.3 is 5.32 Å². The molecule has 2 aromatic heterocycles. The van der Waals surface area contributed by atoms with Crippen LogP contribution in [-0.2, 0) is 30.5 Å². The molecule has 0 saturated heterocycles. The number of aryl methyl sites for hydroxylation is 1. The zero-order valence-electron chi connectivity index (χ0n) is 18.3. The summed E-state index contributed by atoms with van der Waals surface area (Å²) in [6.45, 7) is 0.756. The fourth-order valence-corrected chi connectivity index (χ4v) is 6.43. The van der Waals surface area contributed by atoms with E-state index < -0.39 is 0 Å². The van der Waals surface area contributed by atoms with Crippen LogP contribution >= 0.6 is 23.6 Å². The molecule has 2 fully saturated rings. The van der Waals surface area contributed by atoms with Crippen LogP contribution < -0.4 is 5.32 Å². The molecule has 1 N–H and O–H groups in total. The predicted molar refractivity (Wildman–Crippen MR) is 129 cm³/mol. The number of thiophene rings is 1. The van der Waals surface area contributed by atoms with Gasteiger partial charge in [-0.05, 0) is 79.2 Å². The van der Waals surface area contributed by atoms with Gasteiger partial charge in [-0.25, -0.2) is 9.97 Å². The molecule has 1 amide bonds. The number of aromatic nitrogens is 2.